The SMILES string of the molecule is CC1=C[CH]([Zr+2](=[C](c2ccccc2)c2ccccc2)[CH]2c3cc(C)ccc3-c3ccc(C)cc32)c2c(C)cccc21.[Cl-].[Cl-]. The average Bonchev–Trinajstić information content (AvgIpc) is 3.47. The van der Waals surface area contributed by atoms with E-state index >= 15 is 0 Å². The number of allylic oxidation sites excluding steroid dienone is 2. The molecule has 208 valence electrons. The first kappa shape index (κ1) is 30.6. The van der Waals surface area contributed by atoms with Gasteiger partial charge in [-0.1, -0.05) is 0 Å². The Balaban J connectivity index is 0.00000176. The first-order valence-electron chi connectivity index (χ1n) is 14.4. The van der Waals surface area contributed by atoms with E-state index in [0.717, 1.165) is 0 Å². The molecular formula is C39H34Cl2Zr. The van der Waals surface area contributed by atoms with Crippen LogP contribution in [0, 0.1) is 20.8 Å². The van der Waals surface area contributed by atoms with E-state index in [1.165, 1.54) is 50.1 Å². The summed E-state index contributed by atoms with van der Waals surface area (Å²) >= 11 is -2.76. The van der Waals surface area contributed by atoms with Gasteiger partial charge in [0, 0.05) is 0 Å². The van der Waals surface area contributed by atoms with Crippen LogP contribution in [-0.4, -0.2) is 3.21 Å². The van der Waals surface area contributed by atoms with Gasteiger partial charge in [-0.15, -0.1) is 0 Å². The predicted octanol–water partition coefficient (Wildman–Crippen LogP) is 3.74. The van der Waals surface area contributed by atoms with Crippen LogP contribution >= 0.6 is 0 Å². The van der Waals surface area contributed by atoms with Crippen LogP contribution in [0.5, 0.6) is 0 Å². The van der Waals surface area contributed by atoms with Crippen molar-refractivity contribution in [2.75, 3.05) is 0 Å². The van der Waals surface area contributed by atoms with Crippen LogP contribution in [0.1, 0.15) is 64.2 Å². The van der Waals surface area contributed by atoms with E-state index in [2.05, 4.69) is 149 Å². The summed E-state index contributed by atoms with van der Waals surface area (Å²) in [6.45, 7) is 9.17. The first-order chi connectivity index (χ1) is 19.5. The number of rotatable bonds is 4. The molecule has 0 N–H and O–H groups in total. The van der Waals surface area contributed by atoms with E-state index in [9.17, 15) is 0 Å². The quantitative estimate of drug-likeness (QED) is 0.275. The fourth-order valence-corrected chi connectivity index (χ4v) is 17.5. The Morgan fingerprint density at radius 2 is 1.07 bits per heavy atom. The van der Waals surface area contributed by atoms with Gasteiger partial charge in [0.25, 0.3) is 0 Å². The second-order valence-corrected chi connectivity index (χ2v) is 18.0. The van der Waals surface area contributed by atoms with Crippen molar-refractivity contribution >= 4 is 8.78 Å². The molecule has 0 amide bonds. The van der Waals surface area contributed by atoms with Crippen molar-refractivity contribution in [3.8, 4) is 11.1 Å². The Morgan fingerprint density at radius 3 is 1.60 bits per heavy atom. The first-order valence-corrected chi connectivity index (χ1v) is 18.4. The van der Waals surface area contributed by atoms with Crippen molar-refractivity contribution in [1.29, 1.82) is 0 Å². The van der Waals surface area contributed by atoms with Crippen molar-refractivity contribution in [2.24, 2.45) is 0 Å². The molecule has 0 saturated heterocycles. The minimum atomic E-state index is -2.76. The second kappa shape index (κ2) is 12.4. The molecule has 0 nitrogen and oxygen atoms in total. The molecule has 0 aliphatic heterocycles. The molecular weight excluding hydrogens is 631 g/mol. The van der Waals surface area contributed by atoms with E-state index in [1.807, 2.05) is 0 Å². The van der Waals surface area contributed by atoms with E-state index in [-0.39, 0.29) is 24.8 Å². The number of halogens is 2. The molecule has 42 heavy (non-hydrogen) atoms. The molecule has 0 bridgehead atoms. The van der Waals surface area contributed by atoms with E-state index in [4.69, 9.17) is 0 Å². The van der Waals surface area contributed by atoms with Gasteiger partial charge < -0.3 is 24.8 Å². The van der Waals surface area contributed by atoms with Gasteiger partial charge in [-0.25, -0.2) is 0 Å². The molecule has 0 spiro atoms. The molecule has 0 saturated carbocycles. The maximum Gasteiger partial charge on any atom is -1.00 e. The molecule has 3 heteroatoms. The third kappa shape index (κ3) is 5.15. The normalized spacial score (nSPS) is 14.4. The van der Waals surface area contributed by atoms with E-state index in [1.54, 1.807) is 19.9 Å². The van der Waals surface area contributed by atoms with Crippen molar-refractivity contribution < 1.29 is 46.1 Å². The summed E-state index contributed by atoms with van der Waals surface area (Å²) in [4.78, 5) is 0. The number of hydrogen-bond donors (Lipinski definition) is 0. The topological polar surface area (TPSA) is 0 Å². The van der Waals surface area contributed by atoms with E-state index in [0.29, 0.717) is 7.25 Å². The largest absolute Gasteiger partial charge is 1.00 e. The van der Waals surface area contributed by atoms with Gasteiger partial charge in [0.2, 0.25) is 0 Å². The maximum absolute atomic E-state index is 2.76. The summed E-state index contributed by atoms with van der Waals surface area (Å²) in [6.07, 6.45) is 2.65. The summed E-state index contributed by atoms with van der Waals surface area (Å²) in [6, 6.07) is 43.9. The molecule has 5 aromatic carbocycles. The molecule has 1 unspecified atom stereocenters. The Labute approximate surface area is 270 Å². The smallest absolute Gasteiger partial charge is 1.00 e. The third-order valence-electron chi connectivity index (χ3n) is 8.86. The number of fused-ring (bicyclic) bond motifs is 4. The van der Waals surface area contributed by atoms with Gasteiger partial charge in [0.15, 0.2) is 0 Å². The Kier molecular flexibility index (Phi) is 9.06. The molecule has 2 aliphatic carbocycles. The Hall–Kier alpha value is -2.83. The average molecular weight is 665 g/mol. The molecule has 1 atom stereocenters. The Bertz CT molecular complexity index is 1740. The summed E-state index contributed by atoms with van der Waals surface area (Å²) in [7, 11) is 0. The van der Waals surface area contributed by atoms with Crippen LogP contribution in [0.25, 0.3) is 16.7 Å². The third-order valence-corrected chi connectivity index (χ3v) is 17.5. The number of hydrogen-bond acceptors (Lipinski definition) is 0. The predicted molar refractivity (Wildman–Crippen MR) is 167 cm³/mol. The van der Waals surface area contributed by atoms with Gasteiger partial charge in [0.1, 0.15) is 0 Å². The van der Waals surface area contributed by atoms with Crippen LogP contribution < -0.4 is 24.8 Å². The minimum Gasteiger partial charge on any atom is -1.00 e. The summed E-state index contributed by atoms with van der Waals surface area (Å²) in [5.41, 5.74) is 17.4. The van der Waals surface area contributed by atoms with Crippen molar-refractivity contribution in [3.05, 3.63) is 171 Å². The fourth-order valence-electron chi connectivity index (χ4n) is 7.13. The van der Waals surface area contributed by atoms with Crippen molar-refractivity contribution in [2.45, 2.75) is 34.9 Å². The summed E-state index contributed by atoms with van der Waals surface area (Å²) in [5.74, 6) is 0. The summed E-state index contributed by atoms with van der Waals surface area (Å²) < 4.78 is 2.52. The second-order valence-electron chi connectivity index (χ2n) is 11.5. The van der Waals surface area contributed by atoms with Crippen LogP contribution in [0.3, 0.4) is 0 Å². The molecule has 0 fully saturated rings. The molecule has 2 aliphatic rings. The van der Waals surface area contributed by atoms with Gasteiger partial charge in [0.05, 0.1) is 0 Å². The minimum absolute atomic E-state index is 0. The molecule has 7 rings (SSSR count). The number of benzene rings is 5. The molecule has 0 heterocycles. The van der Waals surface area contributed by atoms with E-state index < -0.39 is 21.3 Å². The van der Waals surface area contributed by atoms with Crippen LogP contribution in [0.15, 0.2) is 121 Å². The zero-order chi connectivity index (χ0) is 27.4. The van der Waals surface area contributed by atoms with Crippen LogP contribution in [0.4, 0.5) is 0 Å². The van der Waals surface area contributed by atoms with Gasteiger partial charge >= 0.3 is 248 Å². The number of aryl methyl sites for hydroxylation is 3. The maximum atomic E-state index is 2.65. The molecule has 5 aromatic rings. The van der Waals surface area contributed by atoms with Crippen molar-refractivity contribution in [1.82, 2.24) is 0 Å². The van der Waals surface area contributed by atoms with Gasteiger partial charge in [-0.05, 0) is 0 Å². The Morgan fingerprint density at radius 1 is 0.548 bits per heavy atom. The van der Waals surface area contributed by atoms with Gasteiger partial charge in [-0.2, -0.15) is 0 Å². The molecule has 0 aromatic heterocycles. The zero-order valence-corrected chi connectivity index (χ0v) is 28.4. The van der Waals surface area contributed by atoms with Crippen LogP contribution in [0.2, 0.25) is 0 Å². The summed E-state index contributed by atoms with van der Waals surface area (Å²) in [5, 5.41) is 0. The van der Waals surface area contributed by atoms with Gasteiger partial charge in [-0.3, -0.25) is 0 Å². The van der Waals surface area contributed by atoms with Crippen LogP contribution in [-0.2, 0) is 21.3 Å². The molecule has 0 radical (unpaired) electrons. The van der Waals surface area contributed by atoms with Crippen molar-refractivity contribution in [3.63, 3.8) is 0 Å². The monoisotopic (exact) mass is 662 g/mol. The standard InChI is InChI=1S/C15H13.C13H10.C11H11.2ClH.Zr/c1-10-3-5-14-12(7-10)9-13-8-11(2)4-6-15(13)14;1-3-7-12(8-4-1)11-13-9-5-2-6-10-13;1-8-4-3-5-10-9(2)6-7-11(8)10;;;/h3-9H,1-2H3;1-10H;3-7H,1-2H3;2*1H;/q;;;;;+2/p-2. The fraction of sp³-hybridized carbons (Fsp3) is 0.154. The zero-order valence-electron chi connectivity index (χ0n) is 24.5.